The molecule has 1 fully saturated rings. The Balaban J connectivity index is 1.26. The molecule has 0 spiro atoms. The molecule has 0 saturated heterocycles. The summed E-state index contributed by atoms with van der Waals surface area (Å²) in [5.74, 6) is -1.70. The number of carbonyl (C=O) groups excluding carboxylic acids is 2. The first-order valence-electron chi connectivity index (χ1n) is 11.6. The Morgan fingerprint density at radius 3 is 2.26 bits per heavy atom. The zero-order chi connectivity index (χ0) is 24.3. The van der Waals surface area contributed by atoms with E-state index >= 15 is 0 Å². The molecular weight excluding hydrogens is 436 g/mol. The van der Waals surface area contributed by atoms with E-state index in [1.165, 1.54) is 18.1 Å². The molecule has 0 radical (unpaired) electrons. The number of nitrogens with one attached hydrogen (secondary N) is 2. The van der Waals surface area contributed by atoms with Crippen LogP contribution in [0.5, 0.6) is 0 Å². The lowest BCUT2D eigenvalue weighted by atomic mass is 9.98. The van der Waals surface area contributed by atoms with Crippen LogP contribution in [0.3, 0.4) is 0 Å². The van der Waals surface area contributed by atoms with Gasteiger partial charge in [0.2, 0.25) is 5.91 Å². The molecule has 0 aliphatic heterocycles. The normalized spacial score (nSPS) is 20.6. The summed E-state index contributed by atoms with van der Waals surface area (Å²) in [7, 11) is 0. The van der Waals surface area contributed by atoms with Gasteiger partial charge in [0.15, 0.2) is 0 Å². The third-order valence-electron chi connectivity index (χ3n) is 6.64. The third kappa shape index (κ3) is 5.39. The molecule has 4 rings (SSSR count). The van der Waals surface area contributed by atoms with E-state index in [1.807, 2.05) is 24.3 Å². The van der Waals surface area contributed by atoms with E-state index in [0.717, 1.165) is 11.1 Å². The van der Waals surface area contributed by atoms with Gasteiger partial charge in [-0.05, 0) is 48.4 Å². The topological polar surface area (TPSA) is 125 Å². The van der Waals surface area contributed by atoms with Crippen LogP contribution >= 0.6 is 0 Å². The molecular formula is C26H30N2O6. The number of alkyl carbamates (subject to hydrolysis) is 1. The standard InChI is InChI=1S/C26H30N2O6/c1-26(33,13-23(29)30)15-27-24(31)16-10-11-17(12-16)28-25(32)34-14-22-20-8-4-2-6-18(20)19-7-3-5-9-21(19)22/h2-9,16-17,22,33H,10-15H2,1H3,(H,27,31)(H,28,32)(H,29,30). The minimum absolute atomic E-state index is 0.0150. The van der Waals surface area contributed by atoms with Crippen molar-refractivity contribution in [3.63, 3.8) is 0 Å². The second-order valence-corrected chi connectivity index (χ2v) is 9.46. The summed E-state index contributed by atoms with van der Waals surface area (Å²) in [4.78, 5) is 35.7. The Bertz CT molecular complexity index is 1040. The number of hydrogen-bond donors (Lipinski definition) is 4. The Kier molecular flexibility index (Phi) is 6.88. The molecule has 3 unspecified atom stereocenters. The maximum absolute atomic E-state index is 12.5. The Hall–Kier alpha value is -3.39. The van der Waals surface area contributed by atoms with E-state index in [-0.39, 0.29) is 36.9 Å². The van der Waals surface area contributed by atoms with E-state index < -0.39 is 24.1 Å². The summed E-state index contributed by atoms with van der Waals surface area (Å²) >= 11 is 0. The number of fused-ring (bicyclic) bond motifs is 3. The van der Waals surface area contributed by atoms with Gasteiger partial charge in [0.1, 0.15) is 6.61 Å². The van der Waals surface area contributed by atoms with Crippen molar-refractivity contribution in [2.75, 3.05) is 13.2 Å². The number of ether oxygens (including phenoxy) is 1. The molecule has 4 N–H and O–H groups in total. The smallest absolute Gasteiger partial charge is 0.407 e. The number of amides is 2. The van der Waals surface area contributed by atoms with Crippen LogP contribution < -0.4 is 10.6 Å². The van der Waals surface area contributed by atoms with Crippen LogP contribution in [0, 0.1) is 5.92 Å². The van der Waals surface area contributed by atoms with E-state index in [1.54, 1.807) is 0 Å². The van der Waals surface area contributed by atoms with Crippen molar-refractivity contribution in [2.24, 2.45) is 5.92 Å². The molecule has 3 atom stereocenters. The zero-order valence-electron chi connectivity index (χ0n) is 19.1. The fourth-order valence-corrected chi connectivity index (χ4v) is 4.97. The molecule has 2 aliphatic carbocycles. The second-order valence-electron chi connectivity index (χ2n) is 9.46. The Morgan fingerprint density at radius 1 is 1.03 bits per heavy atom. The molecule has 2 aromatic rings. The Morgan fingerprint density at radius 2 is 1.65 bits per heavy atom. The van der Waals surface area contributed by atoms with Gasteiger partial charge in [0, 0.05) is 24.4 Å². The molecule has 8 nitrogen and oxygen atoms in total. The predicted octanol–water partition coefficient (Wildman–Crippen LogP) is 3.04. The highest BCUT2D eigenvalue weighted by molar-refractivity contribution is 5.80. The molecule has 180 valence electrons. The number of aliphatic hydroxyl groups is 1. The average molecular weight is 467 g/mol. The van der Waals surface area contributed by atoms with Gasteiger partial charge in [0.25, 0.3) is 0 Å². The third-order valence-corrected chi connectivity index (χ3v) is 6.64. The van der Waals surface area contributed by atoms with Crippen LogP contribution in [-0.2, 0) is 14.3 Å². The lowest BCUT2D eigenvalue weighted by Crippen LogP contribution is -2.44. The van der Waals surface area contributed by atoms with Crippen LogP contribution in [0.2, 0.25) is 0 Å². The summed E-state index contributed by atoms with van der Waals surface area (Å²) in [5, 5.41) is 24.4. The zero-order valence-corrected chi connectivity index (χ0v) is 19.1. The van der Waals surface area contributed by atoms with Crippen molar-refractivity contribution in [2.45, 2.75) is 50.2 Å². The number of aliphatic carboxylic acids is 1. The van der Waals surface area contributed by atoms with E-state index in [2.05, 4.69) is 34.9 Å². The molecule has 34 heavy (non-hydrogen) atoms. The van der Waals surface area contributed by atoms with Gasteiger partial charge in [-0.2, -0.15) is 0 Å². The van der Waals surface area contributed by atoms with Gasteiger partial charge in [-0.1, -0.05) is 48.5 Å². The fraction of sp³-hybridized carbons (Fsp3) is 0.423. The highest BCUT2D eigenvalue weighted by atomic mass is 16.5. The first-order valence-corrected chi connectivity index (χ1v) is 11.6. The van der Waals surface area contributed by atoms with Crippen molar-refractivity contribution >= 4 is 18.0 Å². The van der Waals surface area contributed by atoms with Crippen LogP contribution in [-0.4, -0.2) is 53.0 Å². The number of carboxylic acid groups (broad SMARTS) is 1. The first kappa shape index (κ1) is 23.8. The van der Waals surface area contributed by atoms with Gasteiger partial charge in [-0.3, -0.25) is 9.59 Å². The number of carbonyl (C=O) groups is 3. The predicted molar refractivity (Wildman–Crippen MR) is 125 cm³/mol. The van der Waals surface area contributed by atoms with E-state index in [4.69, 9.17) is 9.84 Å². The number of rotatable bonds is 8. The molecule has 2 aromatic carbocycles. The SMILES string of the molecule is CC(O)(CNC(=O)C1CCC(NC(=O)OCC2c3ccccc3-c3ccccc32)C1)CC(=O)O. The van der Waals surface area contributed by atoms with Gasteiger partial charge in [-0.15, -0.1) is 0 Å². The molecule has 2 amide bonds. The highest BCUT2D eigenvalue weighted by Gasteiger charge is 2.33. The van der Waals surface area contributed by atoms with Crippen molar-refractivity contribution in [3.05, 3.63) is 59.7 Å². The fourth-order valence-electron chi connectivity index (χ4n) is 4.97. The quantitative estimate of drug-likeness (QED) is 0.474. The van der Waals surface area contributed by atoms with Crippen LogP contribution in [0.4, 0.5) is 4.79 Å². The summed E-state index contributed by atoms with van der Waals surface area (Å²) in [6, 6.07) is 16.1. The number of carboxylic acids is 1. The molecule has 0 aromatic heterocycles. The van der Waals surface area contributed by atoms with Crippen molar-refractivity contribution < 1.29 is 29.3 Å². The summed E-state index contributed by atoms with van der Waals surface area (Å²) in [5.41, 5.74) is 3.11. The highest BCUT2D eigenvalue weighted by Crippen LogP contribution is 2.44. The maximum atomic E-state index is 12.5. The monoisotopic (exact) mass is 466 g/mol. The minimum atomic E-state index is -1.51. The van der Waals surface area contributed by atoms with Crippen molar-refractivity contribution in [1.29, 1.82) is 0 Å². The van der Waals surface area contributed by atoms with E-state index in [9.17, 15) is 19.5 Å². The van der Waals surface area contributed by atoms with Crippen molar-refractivity contribution in [1.82, 2.24) is 10.6 Å². The van der Waals surface area contributed by atoms with Gasteiger partial charge in [-0.25, -0.2) is 4.79 Å². The van der Waals surface area contributed by atoms with Gasteiger partial charge >= 0.3 is 12.1 Å². The maximum Gasteiger partial charge on any atom is 0.407 e. The van der Waals surface area contributed by atoms with Crippen LogP contribution in [0.15, 0.2) is 48.5 Å². The Labute approximate surface area is 198 Å². The minimum Gasteiger partial charge on any atom is -0.481 e. The number of hydrogen-bond acceptors (Lipinski definition) is 5. The summed E-state index contributed by atoms with van der Waals surface area (Å²) in [6.45, 7) is 1.46. The van der Waals surface area contributed by atoms with Gasteiger partial charge < -0.3 is 25.6 Å². The average Bonchev–Trinajstić information content (AvgIpc) is 3.38. The van der Waals surface area contributed by atoms with Crippen LogP contribution in [0.1, 0.15) is 49.7 Å². The second kappa shape index (κ2) is 9.85. The molecule has 1 saturated carbocycles. The summed E-state index contributed by atoms with van der Waals surface area (Å²) < 4.78 is 5.59. The molecule has 0 heterocycles. The van der Waals surface area contributed by atoms with Gasteiger partial charge in [0.05, 0.1) is 12.0 Å². The van der Waals surface area contributed by atoms with Crippen molar-refractivity contribution in [3.8, 4) is 11.1 Å². The lowest BCUT2D eigenvalue weighted by Gasteiger charge is -2.22. The summed E-state index contributed by atoms with van der Waals surface area (Å²) in [6.07, 6.45) is 0.757. The number of benzene rings is 2. The van der Waals surface area contributed by atoms with E-state index in [0.29, 0.717) is 19.3 Å². The van der Waals surface area contributed by atoms with Crippen LogP contribution in [0.25, 0.3) is 11.1 Å². The lowest BCUT2D eigenvalue weighted by molar-refractivity contribution is -0.142. The first-order chi connectivity index (χ1) is 16.2. The molecule has 8 heteroatoms. The largest absolute Gasteiger partial charge is 0.481 e. The molecule has 2 aliphatic rings. The molecule has 0 bridgehead atoms.